The van der Waals surface area contributed by atoms with Gasteiger partial charge in [0, 0.05) is 31.7 Å². The number of anilines is 2. The van der Waals surface area contributed by atoms with Crippen molar-refractivity contribution in [2.75, 3.05) is 24.3 Å². The molecule has 0 aliphatic heterocycles. The number of aliphatic hydroxyl groups is 1. The molecule has 1 unspecified atom stereocenters. The normalized spacial score (nSPS) is 12.6. The number of hydrogen-bond donors (Lipinski definition) is 3. The van der Waals surface area contributed by atoms with Crippen molar-refractivity contribution in [3.05, 3.63) is 11.4 Å². The molecule has 0 aliphatic rings. The largest absolute Gasteiger partial charge is 0.396 e. The first kappa shape index (κ1) is 15.7. The molecule has 0 saturated carbocycles. The van der Waals surface area contributed by atoms with E-state index in [1.807, 2.05) is 20.9 Å². The van der Waals surface area contributed by atoms with E-state index in [9.17, 15) is 0 Å². The molecule has 19 heavy (non-hydrogen) atoms. The van der Waals surface area contributed by atoms with Gasteiger partial charge in [-0.05, 0) is 19.3 Å². The lowest BCUT2D eigenvalue weighted by molar-refractivity contribution is 0.267. The molecule has 1 aromatic heterocycles. The van der Waals surface area contributed by atoms with E-state index < -0.39 is 0 Å². The van der Waals surface area contributed by atoms with Gasteiger partial charge < -0.3 is 15.7 Å². The van der Waals surface area contributed by atoms with Crippen LogP contribution < -0.4 is 10.6 Å². The number of aromatic nitrogens is 2. The van der Waals surface area contributed by atoms with E-state index in [2.05, 4.69) is 34.4 Å². The number of rotatable bonds is 7. The minimum Gasteiger partial charge on any atom is -0.396 e. The molecule has 5 heteroatoms. The second kappa shape index (κ2) is 7.28. The zero-order chi connectivity index (χ0) is 14.4. The lowest BCUT2D eigenvalue weighted by Crippen LogP contribution is -2.28. The Morgan fingerprint density at radius 1 is 1.21 bits per heavy atom. The molecule has 1 rings (SSSR count). The minimum absolute atomic E-state index is 0.180. The summed E-state index contributed by atoms with van der Waals surface area (Å²) >= 11 is 0. The lowest BCUT2D eigenvalue weighted by Gasteiger charge is -2.24. The molecular weight excluding hydrogens is 240 g/mol. The predicted molar refractivity (Wildman–Crippen MR) is 79.6 cm³/mol. The molecule has 0 aliphatic carbocycles. The topological polar surface area (TPSA) is 70.1 Å². The minimum atomic E-state index is 0.180. The molecular formula is C14H26N4O. The van der Waals surface area contributed by atoms with Crippen molar-refractivity contribution >= 4 is 11.6 Å². The SMILES string of the molecule is CCc1nc(NC)c(C)c(NC(CCO)C(C)C)n1. The van der Waals surface area contributed by atoms with Crippen LogP contribution in [-0.2, 0) is 6.42 Å². The highest BCUT2D eigenvalue weighted by Gasteiger charge is 2.16. The first-order chi connectivity index (χ1) is 9.03. The zero-order valence-electron chi connectivity index (χ0n) is 12.6. The summed E-state index contributed by atoms with van der Waals surface area (Å²) in [5.74, 6) is 2.98. The van der Waals surface area contributed by atoms with Gasteiger partial charge in [-0.25, -0.2) is 9.97 Å². The Morgan fingerprint density at radius 2 is 1.84 bits per heavy atom. The van der Waals surface area contributed by atoms with Crippen LogP contribution in [0.5, 0.6) is 0 Å². The van der Waals surface area contributed by atoms with Gasteiger partial charge in [-0.15, -0.1) is 0 Å². The van der Waals surface area contributed by atoms with Gasteiger partial charge in [0.2, 0.25) is 0 Å². The van der Waals surface area contributed by atoms with E-state index >= 15 is 0 Å². The van der Waals surface area contributed by atoms with Crippen LogP contribution in [0.1, 0.15) is 38.6 Å². The van der Waals surface area contributed by atoms with Gasteiger partial charge in [0.1, 0.15) is 17.5 Å². The Morgan fingerprint density at radius 3 is 2.32 bits per heavy atom. The third-order valence-electron chi connectivity index (χ3n) is 3.31. The van der Waals surface area contributed by atoms with Crippen LogP contribution in [0.2, 0.25) is 0 Å². The van der Waals surface area contributed by atoms with Crippen LogP contribution >= 0.6 is 0 Å². The molecule has 3 N–H and O–H groups in total. The van der Waals surface area contributed by atoms with Crippen molar-refractivity contribution in [1.82, 2.24) is 9.97 Å². The Hall–Kier alpha value is -1.36. The molecule has 108 valence electrons. The molecule has 1 heterocycles. The first-order valence-electron chi connectivity index (χ1n) is 6.96. The Labute approximate surface area is 115 Å². The third-order valence-corrected chi connectivity index (χ3v) is 3.31. The fourth-order valence-electron chi connectivity index (χ4n) is 1.99. The van der Waals surface area contributed by atoms with E-state index in [0.717, 1.165) is 35.9 Å². The summed E-state index contributed by atoms with van der Waals surface area (Å²) in [5, 5.41) is 15.7. The Kier molecular flexibility index (Phi) is 6.02. The van der Waals surface area contributed by atoms with E-state index in [-0.39, 0.29) is 12.6 Å². The number of aliphatic hydroxyl groups excluding tert-OH is 1. The molecule has 0 aromatic carbocycles. The fourth-order valence-corrected chi connectivity index (χ4v) is 1.99. The summed E-state index contributed by atoms with van der Waals surface area (Å²) in [7, 11) is 1.87. The van der Waals surface area contributed by atoms with Crippen molar-refractivity contribution in [3.63, 3.8) is 0 Å². The van der Waals surface area contributed by atoms with Crippen molar-refractivity contribution in [1.29, 1.82) is 0 Å². The second-order valence-corrected chi connectivity index (χ2v) is 5.07. The van der Waals surface area contributed by atoms with Crippen molar-refractivity contribution in [2.45, 2.75) is 46.6 Å². The molecule has 5 nitrogen and oxygen atoms in total. The van der Waals surface area contributed by atoms with Gasteiger partial charge in [-0.1, -0.05) is 20.8 Å². The molecule has 1 atom stereocenters. The maximum absolute atomic E-state index is 9.15. The summed E-state index contributed by atoms with van der Waals surface area (Å²) < 4.78 is 0. The first-order valence-corrected chi connectivity index (χ1v) is 6.96. The predicted octanol–water partition coefficient (Wildman–Crippen LogP) is 2.21. The average molecular weight is 266 g/mol. The van der Waals surface area contributed by atoms with Crippen LogP contribution in [0.3, 0.4) is 0 Å². The van der Waals surface area contributed by atoms with Gasteiger partial charge in [0.25, 0.3) is 0 Å². The standard InChI is InChI=1S/C14H26N4O/c1-6-12-17-13(15-5)10(4)14(18-12)16-11(7-8-19)9(2)3/h9,11,19H,6-8H2,1-5H3,(H2,15,16,17,18). The monoisotopic (exact) mass is 266 g/mol. The van der Waals surface area contributed by atoms with Crippen LogP contribution in [-0.4, -0.2) is 34.8 Å². The smallest absolute Gasteiger partial charge is 0.135 e. The lowest BCUT2D eigenvalue weighted by atomic mass is 10.0. The van der Waals surface area contributed by atoms with Gasteiger partial charge >= 0.3 is 0 Å². The van der Waals surface area contributed by atoms with Crippen LogP contribution in [0.4, 0.5) is 11.6 Å². The van der Waals surface area contributed by atoms with Crippen LogP contribution in [0.15, 0.2) is 0 Å². The van der Waals surface area contributed by atoms with E-state index in [0.29, 0.717) is 5.92 Å². The van der Waals surface area contributed by atoms with Gasteiger partial charge in [-0.2, -0.15) is 0 Å². The highest BCUT2D eigenvalue weighted by atomic mass is 16.3. The van der Waals surface area contributed by atoms with Crippen molar-refractivity contribution in [2.24, 2.45) is 5.92 Å². The van der Waals surface area contributed by atoms with Crippen LogP contribution in [0.25, 0.3) is 0 Å². The maximum atomic E-state index is 9.15. The average Bonchev–Trinajstić information content (AvgIpc) is 2.40. The maximum Gasteiger partial charge on any atom is 0.135 e. The van der Waals surface area contributed by atoms with Gasteiger partial charge in [0.05, 0.1) is 0 Å². The Bertz CT molecular complexity index is 407. The quantitative estimate of drug-likeness (QED) is 0.706. The molecule has 0 radical (unpaired) electrons. The molecule has 1 aromatic rings. The zero-order valence-corrected chi connectivity index (χ0v) is 12.6. The van der Waals surface area contributed by atoms with Gasteiger partial charge in [-0.3, -0.25) is 0 Å². The van der Waals surface area contributed by atoms with Gasteiger partial charge in [0.15, 0.2) is 0 Å². The van der Waals surface area contributed by atoms with Crippen molar-refractivity contribution < 1.29 is 5.11 Å². The highest BCUT2D eigenvalue weighted by Crippen LogP contribution is 2.22. The number of nitrogens with one attached hydrogen (secondary N) is 2. The van der Waals surface area contributed by atoms with Crippen LogP contribution in [0, 0.1) is 12.8 Å². The fraction of sp³-hybridized carbons (Fsp3) is 0.714. The molecule has 0 spiro atoms. The molecule has 0 bridgehead atoms. The van der Waals surface area contributed by atoms with E-state index in [1.165, 1.54) is 0 Å². The summed E-state index contributed by atoms with van der Waals surface area (Å²) in [6.45, 7) is 8.51. The van der Waals surface area contributed by atoms with Crippen molar-refractivity contribution in [3.8, 4) is 0 Å². The third kappa shape index (κ3) is 4.06. The molecule has 0 fully saturated rings. The number of hydrogen-bond acceptors (Lipinski definition) is 5. The number of nitrogens with zero attached hydrogens (tertiary/aromatic N) is 2. The summed E-state index contributed by atoms with van der Waals surface area (Å²) in [4.78, 5) is 9.02. The summed E-state index contributed by atoms with van der Waals surface area (Å²) in [6, 6.07) is 0.216. The second-order valence-electron chi connectivity index (χ2n) is 5.07. The summed E-state index contributed by atoms with van der Waals surface area (Å²) in [6.07, 6.45) is 1.52. The highest BCUT2D eigenvalue weighted by molar-refractivity contribution is 5.57. The molecule has 0 saturated heterocycles. The number of aryl methyl sites for hydroxylation is 1. The molecule has 0 amide bonds. The van der Waals surface area contributed by atoms with E-state index in [4.69, 9.17) is 5.11 Å². The van der Waals surface area contributed by atoms with E-state index in [1.54, 1.807) is 0 Å². The summed E-state index contributed by atoms with van der Waals surface area (Å²) in [5.41, 5.74) is 1.02. The Balaban J connectivity index is 3.04.